The molecule has 4 heteroatoms. The van der Waals surface area contributed by atoms with Crippen molar-refractivity contribution in [2.24, 2.45) is 0 Å². The Labute approximate surface area is 83.9 Å². The Bertz CT molecular complexity index is 280. The summed E-state index contributed by atoms with van der Waals surface area (Å²) in [6.07, 6.45) is 0. The fourth-order valence-electron chi connectivity index (χ4n) is 1.50. The van der Waals surface area contributed by atoms with Crippen molar-refractivity contribution in [1.29, 1.82) is 0 Å². The van der Waals surface area contributed by atoms with Crippen molar-refractivity contribution < 1.29 is 4.74 Å². The topological polar surface area (TPSA) is 38.2 Å². The summed E-state index contributed by atoms with van der Waals surface area (Å²) in [4.78, 5) is 2.34. The number of ether oxygens (including phenoxy) is 1. The van der Waals surface area contributed by atoms with Crippen molar-refractivity contribution in [1.82, 2.24) is 15.1 Å². The van der Waals surface area contributed by atoms with E-state index in [0.717, 1.165) is 44.2 Å². The fraction of sp³-hybridized carbons (Fsp3) is 0.600. The number of rotatable bonds is 2. The normalized spacial score (nSPS) is 18.4. The third-order valence-electron chi connectivity index (χ3n) is 2.34. The first-order valence-electron chi connectivity index (χ1n) is 4.94. The second kappa shape index (κ2) is 4.48. The molecule has 0 aliphatic carbocycles. The quantitative estimate of drug-likeness (QED) is 0.690. The van der Waals surface area contributed by atoms with Crippen LogP contribution in [0.15, 0.2) is 12.1 Å². The van der Waals surface area contributed by atoms with Crippen LogP contribution in [0.25, 0.3) is 0 Å². The first-order chi connectivity index (χ1) is 6.84. The Hall–Kier alpha value is -1.00. The number of aryl methyl sites for hydroxylation is 1. The maximum Gasteiger partial charge on any atom is 0.0771 e. The van der Waals surface area contributed by atoms with E-state index in [1.165, 1.54) is 0 Å². The van der Waals surface area contributed by atoms with Crippen LogP contribution in [-0.4, -0.2) is 41.4 Å². The molecule has 1 saturated heterocycles. The molecule has 14 heavy (non-hydrogen) atoms. The van der Waals surface area contributed by atoms with E-state index in [9.17, 15) is 0 Å². The van der Waals surface area contributed by atoms with Crippen LogP contribution in [0.2, 0.25) is 0 Å². The summed E-state index contributed by atoms with van der Waals surface area (Å²) >= 11 is 0. The maximum atomic E-state index is 5.28. The summed E-state index contributed by atoms with van der Waals surface area (Å²) < 4.78 is 5.28. The van der Waals surface area contributed by atoms with Gasteiger partial charge in [-0.1, -0.05) is 0 Å². The number of morpholine rings is 1. The van der Waals surface area contributed by atoms with Crippen LogP contribution >= 0.6 is 0 Å². The first kappa shape index (κ1) is 9.55. The van der Waals surface area contributed by atoms with Gasteiger partial charge in [0.1, 0.15) is 0 Å². The molecule has 1 aliphatic heterocycles. The van der Waals surface area contributed by atoms with Gasteiger partial charge in [-0.15, -0.1) is 0 Å². The second-order valence-electron chi connectivity index (χ2n) is 3.55. The van der Waals surface area contributed by atoms with E-state index in [-0.39, 0.29) is 0 Å². The molecule has 0 unspecified atom stereocenters. The maximum absolute atomic E-state index is 5.28. The zero-order chi connectivity index (χ0) is 9.80. The SMILES string of the molecule is Cc1ccc(CN2CCOCC2)nn1. The Kier molecular flexibility index (Phi) is 3.06. The van der Waals surface area contributed by atoms with Crippen LogP contribution in [-0.2, 0) is 11.3 Å². The lowest BCUT2D eigenvalue weighted by atomic mass is 10.3. The van der Waals surface area contributed by atoms with Gasteiger partial charge >= 0.3 is 0 Å². The standard InChI is InChI=1S/C10H15N3O/c1-9-2-3-10(12-11-9)8-13-4-6-14-7-5-13/h2-3H,4-8H2,1H3. The highest BCUT2D eigenvalue weighted by Gasteiger charge is 2.10. The summed E-state index contributed by atoms with van der Waals surface area (Å²) in [5, 5.41) is 8.18. The van der Waals surface area contributed by atoms with Crippen LogP contribution in [0.1, 0.15) is 11.4 Å². The molecule has 2 heterocycles. The molecule has 0 atom stereocenters. The van der Waals surface area contributed by atoms with Gasteiger partial charge in [-0.25, -0.2) is 0 Å². The van der Waals surface area contributed by atoms with Crippen molar-refractivity contribution in [3.05, 3.63) is 23.5 Å². The minimum absolute atomic E-state index is 0.833. The van der Waals surface area contributed by atoms with Crippen LogP contribution < -0.4 is 0 Å². The summed E-state index contributed by atoms with van der Waals surface area (Å²) in [5.41, 5.74) is 2.01. The number of nitrogens with zero attached hydrogens (tertiary/aromatic N) is 3. The van der Waals surface area contributed by atoms with Gasteiger partial charge in [-0.3, -0.25) is 4.90 Å². The highest BCUT2D eigenvalue weighted by Crippen LogP contribution is 2.03. The lowest BCUT2D eigenvalue weighted by Gasteiger charge is -2.25. The van der Waals surface area contributed by atoms with Gasteiger partial charge in [0.2, 0.25) is 0 Å². The van der Waals surface area contributed by atoms with Crippen LogP contribution in [0, 0.1) is 6.92 Å². The molecule has 0 amide bonds. The average Bonchev–Trinajstić information content (AvgIpc) is 2.23. The molecule has 1 aromatic rings. The van der Waals surface area contributed by atoms with Gasteiger partial charge in [0, 0.05) is 19.6 Å². The Morgan fingerprint density at radius 1 is 1.29 bits per heavy atom. The molecule has 0 radical (unpaired) electrons. The Balaban J connectivity index is 1.92. The average molecular weight is 193 g/mol. The molecule has 0 saturated carbocycles. The highest BCUT2D eigenvalue weighted by atomic mass is 16.5. The van der Waals surface area contributed by atoms with Gasteiger partial charge in [0.05, 0.1) is 24.6 Å². The molecule has 1 fully saturated rings. The Morgan fingerprint density at radius 2 is 2.07 bits per heavy atom. The molecule has 1 aromatic heterocycles. The van der Waals surface area contributed by atoms with E-state index < -0.39 is 0 Å². The van der Waals surface area contributed by atoms with E-state index in [4.69, 9.17) is 4.74 Å². The molecule has 4 nitrogen and oxygen atoms in total. The van der Waals surface area contributed by atoms with Crippen LogP contribution in [0.4, 0.5) is 0 Å². The molecule has 0 spiro atoms. The molecule has 76 valence electrons. The zero-order valence-electron chi connectivity index (χ0n) is 8.44. The second-order valence-corrected chi connectivity index (χ2v) is 3.55. The number of hydrogen-bond donors (Lipinski definition) is 0. The van der Waals surface area contributed by atoms with E-state index in [0.29, 0.717) is 0 Å². The van der Waals surface area contributed by atoms with Crippen molar-refractivity contribution in [3.8, 4) is 0 Å². The molecule has 0 aromatic carbocycles. The van der Waals surface area contributed by atoms with Gasteiger partial charge in [-0.2, -0.15) is 10.2 Å². The minimum atomic E-state index is 0.833. The predicted molar refractivity (Wildman–Crippen MR) is 52.9 cm³/mol. The van der Waals surface area contributed by atoms with Crippen molar-refractivity contribution >= 4 is 0 Å². The minimum Gasteiger partial charge on any atom is -0.379 e. The van der Waals surface area contributed by atoms with Gasteiger partial charge in [-0.05, 0) is 19.1 Å². The third kappa shape index (κ3) is 2.49. The van der Waals surface area contributed by atoms with Crippen LogP contribution in [0.5, 0.6) is 0 Å². The van der Waals surface area contributed by atoms with E-state index in [2.05, 4.69) is 15.1 Å². The van der Waals surface area contributed by atoms with Crippen molar-refractivity contribution in [2.45, 2.75) is 13.5 Å². The number of aromatic nitrogens is 2. The highest BCUT2D eigenvalue weighted by molar-refractivity contribution is 5.05. The van der Waals surface area contributed by atoms with Crippen molar-refractivity contribution in [2.75, 3.05) is 26.3 Å². The molecule has 0 bridgehead atoms. The van der Waals surface area contributed by atoms with E-state index in [1.54, 1.807) is 0 Å². The lowest BCUT2D eigenvalue weighted by molar-refractivity contribution is 0.0335. The zero-order valence-corrected chi connectivity index (χ0v) is 8.44. The molecular formula is C10H15N3O. The summed E-state index contributed by atoms with van der Waals surface area (Å²) in [6.45, 7) is 6.49. The molecular weight excluding hydrogens is 178 g/mol. The third-order valence-corrected chi connectivity index (χ3v) is 2.34. The van der Waals surface area contributed by atoms with E-state index >= 15 is 0 Å². The van der Waals surface area contributed by atoms with Gasteiger partial charge < -0.3 is 4.74 Å². The number of hydrogen-bond acceptors (Lipinski definition) is 4. The predicted octanol–water partition coefficient (Wildman–Crippen LogP) is 0.617. The smallest absolute Gasteiger partial charge is 0.0771 e. The van der Waals surface area contributed by atoms with Gasteiger partial charge in [0.15, 0.2) is 0 Å². The summed E-state index contributed by atoms with van der Waals surface area (Å²) in [6, 6.07) is 4.04. The van der Waals surface area contributed by atoms with E-state index in [1.807, 2.05) is 19.1 Å². The van der Waals surface area contributed by atoms with Gasteiger partial charge in [0.25, 0.3) is 0 Å². The largest absolute Gasteiger partial charge is 0.379 e. The monoisotopic (exact) mass is 193 g/mol. The first-order valence-corrected chi connectivity index (χ1v) is 4.94. The molecule has 1 aliphatic rings. The lowest BCUT2D eigenvalue weighted by Crippen LogP contribution is -2.35. The van der Waals surface area contributed by atoms with Crippen LogP contribution in [0.3, 0.4) is 0 Å². The molecule has 2 rings (SSSR count). The Morgan fingerprint density at radius 3 is 2.71 bits per heavy atom. The fourth-order valence-corrected chi connectivity index (χ4v) is 1.50. The summed E-state index contributed by atoms with van der Waals surface area (Å²) in [5.74, 6) is 0. The molecule has 0 N–H and O–H groups in total. The summed E-state index contributed by atoms with van der Waals surface area (Å²) in [7, 11) is 0. The van der Waals surface area contributed by atoms with Crippen molar-refractivity contribution in [3.63, 3.8) is 0 Å².